The second-order valence-corrected chi connectivity index (χ2v) is 5.72. The largest absolute Gasteiger partial charge is 0.310 e. The summed E-state index contributed by atoms with van der Waals surface area (Å²) in [7, 11) is 0. The van der Waals surface area contributed by atoms with E-state index in [-0.39, 0.29) is 17.2 Å². The van der Waals surface area contributed by atoms with Crippen molar-refractivity contribution in [3.63, 3.8) is 0 Å². The molecule has 1 aromatic rings. The summed E-state index contributed by atoms with van der Waals surface area (Å²) in [5.41, 5.74) is 0.0860. The monoisotopic (exact) mass is 252 g/mol. The number of nitrogens with zero attached hydrogens (tertiary/aromatic N) is 1. The van der Waals surface area contributed by atoms with Crippen LogP contribution in [0.2, 0.25) is 5.02 Å². The highest BCUT2D eigenvalue weighted by molar-refractivity contribution is 6.30. The van der Waals surface area contributed by atoms with Gasteiger partial charge in [0.05, 0.1) is 0 Å². The maximum Gasteiger partial charge on any atom is 0.229 e. The summed E-state index contributed by atoms with van der Waals surface area (Å²) in [6.45, 7) is 4.30. The lowest BCUT2D eigenvalue weighted by Crippen LogP contribution is -2.31. The lowest BCUT2D eigenvalue weighted by atomic mass is 9.81. The van der Waals surface area contributed by atoms with E-state index in [2.05, 4.69) is 24.1 Å². The van der Waals surface area contributed by atoms with Gasteiger partial charge in [0.2, 0.25) is 5.91 Å². The van der Waals surface area contributed by atoms with Crippen LogP contribution in [-0.2, 0) is 4.79 Å². The number of halogens is 1. The van der Waals surface area contributed by atoms with E-state index < -0.39 is 0 Å². The van der Waals surface area contributed by atoms with Gasteiger partial charge in [0.25, 0.3) is 0 Å². The number of pyridine rings is 1. The Hall–Kier alpha value is -1.09. The molecule has 1 saturated carbocycles. The average molecular weight is 253 g/mol. The Balaban J connectivity index is 2.07. The molecule has 1 atom stereocenters. The van der Waals surface area contributed by atoms with Gasteiger partial charge in [-0.05, 0) is 30.4 Å². The van der Waals surface area contributed by atoms with Crippen molar-refractivity contribution in [3.8, 4) is 0 Å². The van der Waals surface area contributed by atoms with E-state index in [1.165, 1.54) is 0 Å². The third-order valence-corrected chi connectivity index (χ3v) is 3.78. The van der Waals surface area contributed by atoms with Gasteiger partial charge in [-0.3, -0.25) is 4.79 Å². The summed E-state index contributed by atoms with van der Waals surface area (Å²) >= 11 is 5.85. The van der Waals surface area contributed by atoms with E-state index in [1.54, 1.807) is 18.3 Å². The third kappa shape index (κ3) is 2.78. The normalized spacial score (nSPS) is 22.4. The molecule has 3 nitrogen and oxygen atoms in total. The Morgan fingerprint density at radius 3 is 2.94 bits per heavy atom. The third-order valence-electron chi connectivity index (χ3n) is 3.55. The first kappa shape index (κ1) is 12.4. The Morgan fingerprint density at radius 2 is 2.35 bits per heavy atom. The van der Waals surface area contributed by atoms with E-state index in [1.807, 2.05) is 0 Å². The summed E-state index contributed by atoms with van der Waals surface area (Å²) in [6.07, 6.45) is 4.78. The number of carbonyl (C=O) groups excluding carboxylic acids is 1. The molecule has 0 spiro atoms. The molecule has 1 heterocycles. The molecule has 0 radical (unpaired) electrons. The Morgan fingerprint density at radius 1 is 1.59 bits per heavy atom. The number of nitrogens with one attached hydrogen (secondary N) is 1. The molecule has 17 heavy (non-hydrogen) atoms. The van der Waals surface area contributed by atoms with Crippen LogP contribution in [0.5, 0.6) is 0 Å². The van der Waals surface area contributed by atoms with E-state index in [9.17, 15) is 4.79 Å². The van der Waals surface area contributed by atoms with Crippen LogP contribution >= 0.6 is 11.6 Å². The van der Waals surface area contributed by atoms with Gasteiger partial charge < -0.3 is 5.32 Å². The number of hydrogen-bond acceptors (Lipinski definition) is 2. The molecule has 1 N–H and O–H groups in total. The first-order chi connectivity index (χ1) is 7.99. The van der Waals surface area contributed by atoms with Crippen LogP contribution in [0.4, 0.5) is 5.82 Å². The standard InChI is InChI=1S/C13H17ClN2O/c1-13(2)6-3-4-10(13)12(17)16-11-8-9(14)5-7-15-11/h5,7-8,10H,3-4,6H2,1-2H3,(H,15,16,17). The minimum absolute atomic E-state index is 0.0577. The van der Waals surface area contributed by atoms with Crippen molar-refractivity contribution in [3.05, 3.63) is 23.4 Å². The zero-order valence-corrected chi connectivity index (χ0v) is 10.9. The topological polar surface area (TPSA) is 42.0 Å². The van der Waals surface area contributed by atoms with Crippen LogP contribution in [0.3, 0.4) is 0 Å². The Bertz CT molecular complexity index is 431. The van der Waals surface area contributed by atoms with Crippen LogP contribution in [0.25, 0.3) is 0 Å². The molecule has 1 aliphatic carbocycles. The predicted octanol–water partition coefficient (Wildman–Crippen LogP) is 3.50. The van der Waals surface area contributed by atoms with Crippen molar-refractivity contribution in [2.24, 2.45) is 11.3 Å². The molecule has 0 aliphatic heterocycles. The van der Waals surface area contributed by atoms with Crippen molar-refractivity contribution in [2.45, 2.75) is 33.1 Å². The van der Waals surface area contributed by atoms with Gasteiger partial charge in [-0.1, -0.05) is 31.9 Å². The smallest absolute Gasteiger partial charge is 0.229 e. The Kier molecular flexibility index (Phi) is 3.38. The van der Waals surface area contributed by atoms with E-state index in [0.29, 0.717) is 10.8 Å². The van der Waals surface area contributed by atoms with Crippen LogP contribution < -0.4 is 5.32 Å². The fourth-order valence-corrected chi connectivity index (χ4v) is 2.66. The first-order valence-corrected chi connectivity index (χ1v) is 6.29. The van der Waals surface area contributed by atoms with Gasteiger partial charge in [-0.15, -0.1) is 0 Å². The van der Waals surface area contributed by atoms with Crippen molar-refractivity contribution < 1.29 is 4.79 Å². The lowest BCUT2D eigenvalue weighted by Gasteiger charge is -2.25. The molecule has 1 unspecified atom stereocenters. The Labute approximate surface area is 107 Å². The predicted molar refractivity (Wildman–Crippen MR) is 69.0 cm³/mol. The van der Waals surface area contributed by atoms with Crippen molar-refractivity contribution in [2.75, 3.05) is 5.32 Å². The second-order valence-electron chi connectivity index (χ2n) is 5.28. The summed E-state index contributed by atoms with van der Waals surface area (Å²) in [5, 5.41) is 3.43. The highest BCUT2D eigenvalue weighted by Gasteiger charge is 2.39. The van der Waals surface area contributed by atoms with Crippen LogP contribution in [0, 0.1) is 11.3 Å². The minimum Gasteiger partial charge on any atom is -0.310 e. The summed E-state index contributed by atoms with van der Waals surface area (Å²) < 4.78 is 0. The number of carbonyl (C=O) groups is 1. The van der Waals surface area contributed by atoms with Gasteiger partial charge in [-0.25, -0.2) is 4.98 Å². The molecule has 0 bridgehead atoms. The summed E-state index contributed by atoms with van der Waals surface area (Å²) in [4.78, 5) is 16.2. The molecule has 92 valence electrons. The van der Waals surface area contributed by atoms with Gasteiger partial charge >= 0.3 is 0 Å². The zero-order valence-electron chi connectivity index (χ0n) is 10.2. The number of aromatic nitrogens is 1. The van der Waals surface area contributed by atoms with Crippen molar-refractivity contribution in [1.29, 1.82) is 0 Å². The van der Waals surface area contributed by atoms with Gasteiger partial charge in [0.15, 0.2) is 0 Å². The number of rotatable bonds is 2. The van der Waals surface area contributed by atoms with Crippen LogP contribution in [-0.4, -0.2) is 10.9 Å². The van der Waals surface area contributed by atoms with Gasteiger partial charge in [-0.2, -0.15) is 0 Å². The molecular formula is C13H17ClN2O. The van der Waals surface area contributed by atoms with E-state index >= 15 is 0 Å². The SMILES string of the molecule is CC1(C)CCCC1C(=O)Nc1cc(Cl)ccn1. The minimum atomic E-state index is 0.0577. The molecule has 0 aromatic carbocycles. The van der Waals surface area contributed by atoms with Crippen LogP contribution in [0.15, 0.2) is 18.3 Å². The van der Waals surface area contributed by atoms with E-state index in [0.717, 1.165) is 19.3 Å². The average Bonchev–Trinajstić information content (AvgIpc) is 2.58. The van der Waals surface area contributed by atoms with Gasteiger partial charge in [0.1, 0.15) is 5.82 Å². The number of anilines is 1. The molecule has 2 rings (SSSR count). The maximum atomic E-state index is 12.1. The first-order valence-electron chi connectivity index (χ1n) is 5.91. The van der Waals surface area contributed by atoms with Crippen molar-refractivity contribution >= 4 is 23.3 Å². The molecule has 1 fully saturated rings. The maximum absolute atomic E-state index is 12.1. The molecule has 0 saturated heterocycles. The summed E-state index contributed by atoms with van der Waals surface area (Å²) in [5.74, 6) is 0.663. The fraction of sp³-hybridized carbons (Fsp3) is 0.538. The quantitative estimate of drug-likeness (QED) is 0.875. The van der Waals surface area contributed by atoms with E-state index in [4.69, 9.17) is 11.6 Å². The van der Waals surface area contributed by atoms with Crippen molar-refractivity contribution in [1.82, 2.24) is 4.98 Å². The molecule has 1 aromatic heterocycles. The zero-order chi connectivity index (χ0) is 12.5. The molecule has 1 amide bonds. The lowest BCUT2D eigenvalue weighted by molar-refractivity contribution is -0.122. The molecule has 1 aliphatic rings. The fourth-order valence-electron chi connectivity index (χ4n) is 2.50. The number of amides is 1. The molecular weight excluding hydrogens is 236 g/mol. The highest BCUT2D eigenvalue weighted by atomic mass is 35.5. The van der Waals surface area contributed by atoms with Gasteiger partial charge in [0, 0.05) is 17.1 Å². The second kappa shape index (κ2) is 4.65. The molecule has 4 heteroatoms. The highest BCUT2D eigenvalue weighted by Crippen LogP contribution is 2.42. The number of hydrogen-bond donors (Lipinski definition) is 1. The summed E-state index contributed by atoms with van der Waals surface area (Å²) in [6, 6.07) is 3.36. The van der Waals surface area contributed by atoms with Crippen LogP contribution in [0.1, 0.15) is 33.1 Å².